The van der Waals surface area contributed by atoms with Gasteiger partial charge in [-0.15, -0.1) is 0 Å². The number of pyridine rings is 2. The Labute approximate surface area is 177 Å². The van der Waals surface area contributed by atoms with Crippen LogP contribution in [-0.4, -0.2) is 57.3 Å². The van der Waals surface area contributed by atoms with Gasteiger partial charge >= 0.3 is 6.09 Å². The Kier molecular flexibility index (Phi) is 6.64. The summed E-state index contributed by atoms with van der Waals surface area (Å²) < 4.78 is 4.77. The SMILES string of the molecule is CCN(C(=O)O)c1nc(N)c(C#Cc2cccc(CNC(=O)COC)n2)c2[nH]cnc12. The number of H-pyrrole nitrogens is 1. The molecule has 0 radical (unpaired) electrons. The lowest BCUT2D eigenvalue weighted by molar-refractivity contribution is -0.124. The average Bonchev–Trinajstić information content (AvgIpc) is 3.22. The lowest BCUT2D eigenvalue weighted by Gasteiger charge is -2.17. The minimum atomic E-state index is -1.16. The zero-order chi connectivity index (χ0) is 22.4. The van der Waals surface area contributed by atoms with E-state index in [0.717, 1.165) is 4.90 Å². The second kappa shape index (κ2) is 9.55. The van der Waals surface area contributed by atoms with Crippen LogP contribution in [0.15, 0.2) is 24.5 Å². The van der Waals surface area contributed by atoms with Crippen LogP contribution in [0.2, 0.25) is 0 Å². The Morgan fingerprint density at radius 2 is 2.13 bits per heavy atom. The van der Waals surface area contributed by atoms with Gasteiger partial charge in [-0.05, 0) is 25.0 Å². The Balaban J connectivity index is 1.92. The van der Waals surface area contributed by atoms with Crippen molar-refractivity contribution in [1.29, 1.82) is 0 Å². The van der Waals surface area contributed by atoms with Gasteiger partial charge < -0.3 is 25.9 Å². The van der Waals surface area contributed by atoms with Gasteiger partial charge in [0.2, 0.25) is 5.91 Å². The Morgan fingerprint density at radius 1 is 1.32 bits per heavy atom. The average molecular weight is 423 g/mol. The van der Waals surface area contributed by atoms with Crippen molar-refractivity contribution in [3.05, 3.63) is 41.5 Å². The number of ether oxygens (including phenoxy) is 1. The van der Waals surface area contributed by atoms with Crippen molar-refractivity contribution in [1.82, 2.24) is 25.3 Å². The highest BCUT2D eigenvalue weighted by Gasteiger charge is 2.21. The maximum atomic E-state index is 11.5. The van der Waals surface area contributed by atoms with E-state index in [0.29, 0.717) is 28.0 Å². The van der Waals surface area contributed by atoms with Crippen molar-refractivity contribution >= 4 is 34.7 Å². The van der Waals surface area contributed by atoms with Crippen LogP contribution in [0.1, 0.15) is 23.9 Å². The predicted molar refractivity (Wildman–Crippen MR) is 113 cm³/mol. The molecule has 11 heteroatoms. The molecule has 0 aliphatic heterocycles. The molecule has 5 N–H and O–H groups in total. The summed E-state index contributed by atoms with van der Waals surface area (Å²) in [4.78, 5) is 39.8. The number of hydrogen-bond acceptors (Lipinski definition) is 7. The molecule has 0 unspecified atom stereocenters. The monoisotopic (exact) mass is 423 g/mol. The van der Waals surface area contributed by atoms with Gasteiger partial charge in [0.15, 0.2) is 5.82 Å². The number of carboxylic acid groups (broad SMARTS) is 1. The van der Waals surface area contributed by atoms with E-state index >= 15 is 0 Å². The molecule has 0 fully saturated rings. The Hall–Kier alpha value is -4.17. The zero-order valence-electron chi connectivity index (χ0n) is 17.0. The molecule has 0 bridgehead atoms. The largest absolute Gasteiger partial charge is 0.465 e. The molecule has 160 valence electrons. The number of nitrogens with two attached hydrogens (primary N) is 1. The molecule has 0 aliphatic carbocycles. The maximum absolute atomic E-state index is 11.5. The van der Waals surface area contributed by atoms with Gasteiger partial charge in [0, 0.05) is 13.7 Å². The van der Waals surface area contributed by atoms with Crippen LogP contribution in [0.4, 0.5) is 16.4 Å². The van der Waals surface area contributed by atoms with E-state index in [1.807, 2.05) is 0 Å². The summed E-state index contributed by atoms with van der Waals surface area (Å²) in [6.45, 7) is 2.09. The molecule has 0 aromatic carbocycles. The summed E-state index contributed by atoms with van der Waals surface area (Å²) in [5.41, 5.74) is 8.40. The van der Waals surface area contributed by atoms with Crippen molar-refractivity contribution in [2.24, 2.45) is 0 Å². The van der Waals surface area contributed by atoms with Gasteiger partial charge in [0.25, 0.3) is 0 Å². The quantitative estimate of drug-likeness (QED) is 0.429. The summed E-state index contributed by atoms with van der Waals surface area (Å²) >= 11 is 0. The molecular weight excluding hydrogens is 402 g/mol. The molecule has 0 saturated carbocycles. The van der Waals surface area contributed by atoms with E-state index in [1.54, 1.807) is 25.1 Å². The molecule has 31 heavy (non-hydrogen) atoms. The van der Waals surface area contributed by atoms with E-state index in [2.05, 4.69) is 37.1 Å². The molecule has 3 heterocycles. The van der Waals surface area contributed by atoms with Gasteiger partial charge in [-0.2, -0.15) is 0 Å². The van der Waals surface area contributed by atoms with Crippen molar-refractivity contribution < 1.29 is 19.4 Å². The lowest BCUT2D eigenvalue weighted by atomic mass is 10.2. The second-order valence-corrected chi connectivity index (χ2v) is 6.32. The molecule has 2 amide bonds. The molecule has 0 saturated heterocycles. The highest BCUT2D eigenvalue weighted by atomic mass is 16.5. The summed E-state index contributed by atoms with van der Waals surface area (Å²) in [5.74, 6) is 5.83. The number of hydrogen-bond donors (Lipinski definition) is 4. The van der Waals surface area contributed by atoms with Gasteiger partial charge in [-0.1, -0.05) is 12.0 Å². The lowest BCUT2D eigenvalue weighted by Crippen LogP contribution is -2.30. The van der Waals surface area contributed by atoms with Crippen LogP contribution < -0.4 is 16.0 Å². The fraction of sp³-hybridized carbons (Fsp3) is 0.250. The number of anilines is 2. The number of carbonyl (C=O) groups is 2. The number of nitrogen functional groups attached to an aromatic ring is 1. The number of nitrogens with zero attached hydrogens (tertiary/aromatic N) is 4. The number of methoxy groups -OCH3 is 1. The Morgan fingerprint density at radius 3 is 2.84 bits per heavy atom. The third-order valence-electron chi connectivity index (χ3n) is 4.25. The maximum Gasteiger partial charge on any atom is 0.413 e. The number of amides is 2. The molecule has 0 spiro atoms. The highest BCUT2D eigenvalue weighted by molar-refractivity contribution is 5.99. The Bertz CT molecular complexity index is 1180. The van der Waals surface area contributed by atoms with Gasteiger partial charge in [0.05, 0.1) is 29.6 Å². The number of imidazole rings is 1. The topological polar surface area (TPSA) is 159 Å². The van der Waals surface area contributed by atoms with Crippen LogP contribution >= 0.6 is 0 Å². The van der Waals surface area contributed by atoms with Crippen molar-refractivity contribution in [3.63, 3.8) is 0 Å². The minimum absolute atomic E-state index is 0.0285. The van der Waals surface area contributed by atoms with E-state index in [-0.39, 0.29) is 37.2 Å². The number of rotatable bonds is 6. The molecule has 3 aromatic heterocycles. The van der Waals surface area contributed by atoms with E-state index in [4.69, 9.17) is 10.5 Å². The van der Waals surface area contributed by atoms with E-state index in [1.165, 1.54) is 13.4 Å². The summed E-state index contributed by atoms with van der Waals surface area (Å²) in [7, 11) is 1.44. The summed E-state index contributed by atoms with van der Waals surface area (Å²) in [5, 5.41) is 12.1. The third-order valence-corrected chi connectivity index (χ3v) is 4.25. The van der Waals surface area contributed by atoms with E-state index in [9.17, 15) is 14.7 Å². The van der Waals surface area contributed by atoms with Gasteiger partial charge in [0.1, 0.15) is 23.6 Å². The van der Waals surface area contributed by atoms with Crippen molar-refractivity contribution in [3.8, 4) is 11.8 Å². The summed E-state index contributed by atoms with van der Waals surface area (Å²) in [6.07, 6.45) is 0.272. The molecule has 0 aliphatic rings. The van der Waals surface area contributed by atoms with Gasteiger partial charge in [-0.25, -0.2) is 19.7 Å². The summed E-state index contributed by atoms with van der Waals surface area (Å²) in [6, 6.07) is 5.26. The molecule has 3 aromatic rings. The number of aromatic nitrogens is 4. The number of fused-ring (bicyclic) bond motifs is 1. The first-order chi connectivity index (χ1) is 14.9. The predicted octanol–water partition coefficient (Wildman–Crippen LogP) is 1.10. The standard InChI is InChI=1S/C20H21N7O4/c1-3-27(20(29)30)19-17-16(23-11-24-17)14(18(21)26-19)8-7-12-5-4-6-13(25-12)9-22-15(28)10-31-2/h4-6,11H,3,9-10H2,1-2H3,(H2,21,26)(H,22,28)(H,23,24)(H,29,30). The minimum Gasteiger partial charge on any atom is -0.465 e. The first kappa shape index (κ1) is 21.5. The number of aromatic amines is 1. The van der Waals surface area contributed by atoms with Crippen molar-refractivity contribution in [2.75, 3.05) is 30.9 Å². The molecule has 3 rings (SSSR count). The first-order valence-electron chi connectivity index (χ1n) is 9.31. The fourth-order valence-electron chi connectivity index (χ4n) is 2.84. The molecule has 11 nitrogen and oxygen atoms in total. The van der Waals surface area contributed by atoms with Crippen LogP contribution in [0.25, 0.3) is 11.0 Å². The second-order valence-electron chi connectivity index (χ2n) is 6.32. The number of carbonyl (C=O) groups excluding carboxylic acids is 1. The van der Waals surface area contributed by atoms with Crippen LogP contribution in [0.5, 0.6) is 0 Å². The molecular formula is C20H21N7O4. The fourth-order valence-corrected chi connectivity index (χ4v) is 2.84. The van der Waals surface area contributed by atoms with Crippen LogP contribution in [0.3, 0.4) is 0 Å². The third kappa shape index (κ3) is 4.88. The van der Waals surface area contributed by atoms with Gasteiger partial charge in [-0.3, -0.25) is 9.69 Å². The zero-order valence-corrected chi connectivity index (χ0v) is 17.0. The first-order valence-corrected chi connectivity index (χ1v) is 9.31. The highest BCUT2D eigenvalue weighted by Crippen LogP contribution is 2.28. The molecule has 0 atom stereocenters. The van der Waals surface area contributed by atoms with Crippen LogP contribution in [-0.2, 0) is 16.1 Å². The van der Waals surface area contributed by atoms with Crippen LogP contribution in [0, 0.1) is 11.8 Å². The van der Waals surface area contributed by atoms with Crippen molar-refractivity contribution in [2.45, 2.75) is 13.5 Å². The smallest absolute Gasteiger partial charge is 0.413 e. The number of nitrogens with one attached hydrogen (secondary N) is 2. The van der Waals surface area contributed by atoms with E-state index < -0.39 is 6.09 Å². The normalized spacial score (nSPS) is 10.4.